The highest BCUT2D eigenvalue weighted by atomic mass is 16.3. The van der Waals surface area contributed by atoms with Crippen molar-refractivity contribution >= 4 is 0 Å². The maximum absolute atomic E-state index is 9.81. The van der Waals surface area contributed by atoms with Gasteiger partial charge in [-0.1, -0.05) is 12.8 Å². The van der Waals surface area contributed by atoms with Crippen molar-refractivity contribution in [2.75, 3.05) is 0 Å². The Hall–Kier alpha value is -0.830. The smallest absolute Gasteiger partial charge is 0.0598 e. The maximum atomic E-state index is 9.81. The topological polar surface area (TPSA) is 38.0 Å². The third-order valence-corrected chi connectivity index (χ3v) is 2.85. The van der Waals surface area contributed by atoms with Crippen LogP contribution in [0.4, 0.5) is 0 Å². The summed E-state index contributed by atoms with van der Waals surface area (Å²) in [7, 11) is 1.94. The Labute approximate surface area is 84.7 Å². The second kappa shape index (κ2) is 3.73. The second-order valence-electron chi connectivity index (χ2n) is 4.44. The fourth-order valence-corrected chi connectivity index (χ4v) is 1.92. The molecule has 78 valence electrons. The number of nitrogens with zero attached hydrogens (tertiary/aromatic N) is 2. The first-order valence-corrected chi connectivity index (χ1v) is 5.32. The number of aliphatic hydroxyl groups is 1. The molecule has 0 aromatic carbocycles. The molecule has 1 saturated carbocycles. The van der Waals surface area contributed by atoms with Gasteiger partial charge in [0.25, 0.3) is 0 Å². The lowest BCUT2D eigenvalue weighted by Crippen LogP contribution is -2.13. The van der Waals surface area contributed by atoms with Crippen molar-refractivity contribution in [2.24, 2.45) is 13.0 Å². The first kappa shape index (κ1) is 9.71. The minimum atomic E-state index is -0.183. The first-order valence-electron chi connectivity index (χ1n) is 5.32. The van der Waals surface area contributed by atoms with Crippen LogP contribution in [0.1, 0.15) is 30.7 Å². The van der Waals surface area contributed by atoms with Crippen LogP contribution in [0.3, 0.4) is 0 Å². The molecule has 3 nitrogen and oxygen atoms in total. The van der Waals surface area contributed by atoms with E-state index in [1.54, 1.807) is 0 Å². The SMILES string of the molecule is Cc1cc(CC(O)CC2CC2)n(C)n1. The summed E-state index contributed by atoms with van der Waals surface area (Å²) >= 11 is 0. The molecule has 1 aliphatic rings. The zero-order valence-electron chi connectivity index (χ0n) is 8.90. The second-order valence-corrected chi connectivity index (χ2v) is 4.44. The van der Waals surface area contributed by atoms with E-state index in [9.17, 15) is 5.11 Å². The molecule has 0 saturated heterocycles. The highest BCUT2D eigenvalue weighted by Crippen LogP contribution is 2.34. The zero-order chi connectivity index (χ0) is 10.1. The highest BCUT2D eigenvalue weighted by Gasteiger charge is 2.24. The molecule has 1 aromatic heterocycles. The fourth-order valence-electron chi connectivity index (χ4n) is 1.92. The molecule has 1 heterocycles. The van der Waals surface area contributed by atoms with Gasteiger partial charge >= 0.3 is 0 Å². The van der Waals surface area contributed by atoms with Gasteiger partial charge in [0.2, 0.25) is 0 Å². The molecule has 0 aliphatic heterocycles. The van der Waals surface area contributed by atoms with Crippen molar-refractivity contribution in [3.63, 3.8) is 0 Å². The molecule has 0 radical (unpaired) electrons. The van der Waals surface area contributed by atoms with Crippen LogP contribution in [0, 0.1) is 12.8 Å². The molecular formula is C11H18N2O. The number of rotatable bonds is 4. The highest BCUT2D eigenvalue weighted by molar-refractivity contribution is 5.09. The molecule has 0 amide bonds. The normalized spacial score (nSPS) is 18.5. The van der Waals surface area contributed by atoms with Gasteiger partial charge in [0.1, 0.15) is 0 Å². The van der Waals surface area contributed by atoms with Gasteiger partial charge in [0.15, 0.2) is 0 Å². The average molecular weight is 194 g/mol. The number of hydrogen-bond acceptors (Lipinski definition) is 2. The Bertz CT molecular complexity index is 315. The quantitative estimate of drug-likeness (QED) is 0.787. The van der Waals surface area contributed by atoms with Crippen molar-refractivity contribution in [3.05, 3.63) is 17.5 Å². The molecule has 1 aliphatic carbocycles. The van der Waals surface area contributed by atoms with Crippen LogP contribution >= 0.6 is 0 Å². The summed E-state index contributed by atoms with van der Waals surface area (Å²) in [5, 5.41) is 14.1. The summed E-state index contributed by atoms with van der Waals surface area (Å²) in [4.78, 5) is 0. The summed E-state index contributed by atoms with van der Waals surface area (Å²) in [5.41, 5.74) is 2.16. The summed E-state index contributed by atoms with van der Waals surface area (Å²) in [5.74, 6) is 0.791. The van der Waals surface area contributed by atoms with E-state index >= 15 is 0 Å². The Morgan fingerprint density at radius 2 is 2.36 bits per heavy atom. The predicted octanol–water partition coefficient (Wildman–Crippen LogP) is 1.43. The van der Waals surface area contributed by atoms with Crippen molar-refractivity contribution in [2.45, 2.75) is 38.7 Å². The number of aryl methyl sites for hydroxylation is 2. The van der Waals surface area contributed by atoms with Crippen LogP contribution < -0.4 is 0 Å². The standard InChI is InChI=1S/C11H18N2O/c1-8-5-10(13(2)12-8)7-11(14)6-9-3-4-9/h5,9,11,14H,3-4,6-7H2,1-2H3. The third kappa shape index (κ3) is 2.35. The first-order chi connectivity index (χ1) is 6.65. The van der Waals surface area contributed by atoms with E-state index in [1.165, 1.54) is 12.8 Å². The fraction of sp³-hybridized carbons (Fsp3) is 0.727. The van der Waals surface area contributed by atoms with Crippen LogP contribution in [0.2, 0.25) is 0 Å². The van der Waals surface area contributed by atoms with Crippen LogP contribution in [0.5, 0.6) is 0 Å². The van der Waals surface area contributed by atoms with Crippen molar-refractivity contribution in [1.29, 1.82) is 0 Å². The Kier molecular flexibility index (Phi) is 2.59. The summed E-state index contributed by atoms with van der Waals surface area (Å²) in [6.45, 7) is 1.98. The summed E-state index contributed by atoms with van der Waals surface area (Å²) < 4.78 is 1.87. The van der Waals surface area contributed by atoms with Crippen LogP contribution in [0.25, 0.3) is 0 Å². The van der Waals surface area contributed by atoms with E-state index in [2.05, 4.69) is 11.2 Å². The summed E-state index contributed by atoms with van der Waals surface area (Å²) in [6.07, 6.45) is 4.14. The molecule has 0 spiro atoms. The largest absolute Gasteiger partial charge is 0.393 e. The van der Waals surface area contributed by atoms with Gasteiger partial charge in [0, 0.05) is 19.2 Å². The van der Waals surface area contributed by atoms with Gasteiger partial charge in [-0.2, -0.15) is 5.10 Å². The van der Waals surface area contributed by atoms with Gasteiger partial charge in [-0.15, -0.1) is 0 Å². The molecule has 1 fully saturated rings. The summed E-state index contributed by atoms with van der Waals surface area (Å²) in [6, 6.07) is 2.05. The lowest BCUT2D eigenvalue weighted by Gasteiger charge is -2.09. The minimum absolute atomic E-state index is 0.183. The minimum Gasteiger partial charge on any atom is -0.393 e. The number of hydrogen-bond donors (Lipinski definition) is 1. The monoisotopic (exact) mass is 194 g/mol. The van der Waals surface area contributed by atoms with Crippen LogP contribution in [0.15, 0.2) is 6.07 Å². The lowest BCUT2D eigenvalue weighted by molar-refractivity contribution is 0.155. The van der Waals surface area contributed by atoms with Gasteiger partial charge in [0.05, 0.1) is 11.8 Å². The molecule has 1 unspecified atom stereocenters. The van der Waals surface area contributed by atoms with E-state index in [-0.39, 0.29) is 6.10 Å². The van der Waals surface area contributed by atoms with Gasteiger partial charge in [-0.3, -0.25) is 4.68 Å². The van der Waals surface area contributed by atoms with Gasteiger partial charge in [-0.05, 0) is 25.3 Å². The molecule has 0 bridgehead atoms. The Balaban J connectivity index is 1.91. The number of aromatic nitrogens is 2. The molecule has 3 heteroatoms. The van der Waals surface area contributed by atoms with Gasteiger partial charge < -0.3 is 5.11 Å². The third-order valence-electron chi connectivity index (χ3n) is 2.85. The molecule has 1 aromatic rings. The zero-order valence-corrected chi connectivity index (χ0v) is 8.90. The van der Waals surface area contributed by atoms with E-state index in [0.29, 0.717) is 0 Å². The van der Waals surface area contributed by atoms with Crippen molar-refractivity contribution < 1.29 is 5.11 Å². The van der Waals surface area contributed by atoms with Crippen molar-refractivity contribution in [1.82, 2.24) is 9.78 Å². The molecule has 1 N–H and O–H groups in total. The van der Waals surface area contributed by atoms with Crippen LogP contribution in [-0.2, 0) is 13.5 Å². The lowest BCUT2D eigenvalue weighted by atomic mass is 10.1. The average Bonchev–Trinajstić information content (AvgIpc) is 2.81. The Morgan fingerprint density at radius 3 is 2.86 bits per heavy atom. The van der Waals surface area contributed by atoms with Gasteiger partial charge in [-0.25, -0.2) is 0 Å². The maximum Gasteiger partial charge on any atom is 0.0598 e. The molecular weight excluding hydrogens is 176 g/mol. The van der Waals surface area contributed by atoms with E-state index in [1.807, 2.05) is 18.7 Å². The van der Waals surface area contributed by atoms with E-state index in [0.717, 1.165) is 30.1 Å². The molecule has 1 atom stereocenters. The predicted molar refractivity (Wildman–Crippen MR) is 55.0 cm³/mol. The molecule has 14 heavy (non-hydrogen) atoms. The molecule has 2 rings (SSSR count). The van der Waals surface area contributed by atoms with Crippen LogP contribution in [-0.4, -0.2) is 21.0 Å². The van der Waals surface area contributed by atoms with E-state index in [4.69, 9.17) is 0 Å². The van der Waals surface area contributed by atoms with Crippen molar-refractivity contribution in [3.8, 4) is 0 Å². The Morgan fingerprint density at radius 1 is 1.64 bits per heavy atom. The number of aliphatic hydroxyl groups excluding tert-OH is 1. The van der Waals surface area contributed by atoms with E-state index < -0.39 is 0 Å².